The number of piperidine rings is 1. The van der Waals surface area contributed by atoms with E-state index in [-0.39, 0.29) is 5.91 Å². The van der Waals surface area contributed by atoms with E-state index >= 15 is 0 Å². The average molecular weight is 334 g/mol. The summed E-state index contributed by atoms with van der Waals surface area (Å²) in [5.74, 6) is 3.05. The maximum Gasteiger partial charge on any atom is 0.236 e. The number of hydrogen-bond acceptors (Lipinski definition) is 4. The molecule has 0 N–H and O–H groups in total. The minimum absolute atomic E-state index is 0.223. The number of amides is 1. The predicted molar refractivity (Wildman–Crippen MR) is 95.5 cm³/mol. The van der Waals surface area contributed by atoms with Crippen LogP contribution in [-0.2, 0) is 4.79 Å². The summed E-state index contributed by atoms with van der Waals surface area (Å²) in [5.41, 5.74) is 0. The lowest BCUT2D eigenvalue weighted by atomic mass is 9.92. The van der Waals surface area contributed by atoms with Gasteiger partial charge in [-0.25, -0.2) is 0 Å². The van der Waals surface area contributed by atoms with E-state index in [0.29, 0.717) is 25.0 Å². The fraction of sp³-hybridized carbons (Fsp3) is 0.632. The van der Waals surface area contributed by atoms with Gasteiger partial charge in [0.2, 0.25) is 5.91 Å². The molecule has 1 aliphatic heterocycles. The number of likely N-dealkylation sites (N-methyl/N-ethyl adjacent to an activating group) is 1. The first kappa shape index (κ1) is 18.6. The van der Waals surface area contributed by atoms with E-state index in [1.54, 1.807) is 7.11 Å². The highest BCUT2D eigenvalue weighted by Crippen LogP contribution is 2.21. The summed E-state index contributed by atoms with van der Waals surface area (Å²) in [6, 6.07) is 7.53. The summed E-state index contributed by atoms with van der Waals surface area (Å²) >= 11 is 0. The lowest BCUT2D eigenvalue weighted by Crippen LogP contribution is -2.46. The first-order valence-electron chi connectivity index (χ1n) is 8.71. The average Bonchev–Trinajstić information content (AvgIpc) is 2.54. The molecule has 1 fully saturated rings. The number of benzene rings is 1. The molecule has 1 aliphatic rings. The van der Waals surface area contributed by atoms with Crippen LogP contribution in [0.2, 0.25) is 0 Å². The molecule has 0 bridgehead atoms. The number of methoxy groups -OCH3 is 1. The lowest BCUT2D eigenvalue weighted by Gasteiger charge is -2.35. The molecule has 1 aromatic carbocycles. The topological polar surface area (TPSA) is 42.0 Å². The highest BCUT2D eigenvalue weighted by atomic mass is 16.5. The van der Waals surface area contributed by atoms with Crippen LogP contribution < -0.4 is 9.47 Å². The van der Waals surface area contributed by atoms with Gasteiger partial charge in [-0.3, -0.25) is 9.69 Å². The summed E-state index contributed by atoms with van der Waals surface area (Å²) in [5, 5.41) is 0. The van der Waals surface area contributed by atoms with Crippen molar-refractivity contribution in [3.8, 4) is 11.5 Å². The number of nitrogens with zero attached hydrogens (tertiary/aromatic N) is 2. The number of carbonyl (C=O) groups excluding carboxylic acids is 1. The van der Waals surface area contributed by atoms with Crippen LogP contribution in [0.3, 0.4) is 0 Å². The Hall–Kier alpha value is -1.75. The Labute approximate surface area is 145 Å². The van der Waals surface area contributed by atoms with Crippen molar-refractivity contribution in [3.63, 3.8) is 0 Å². The van der Waals surface area contributed by atoms with E-state index in [1.165, 1.54) is 6.42 Å². The lowest BCUT2D eigenvalue weighted by molar-refractivity contribution is -0.134. The normalized spacial score (nSPS) is 21.0. The van der Waals surface area contributed by atoms with Crippen LogP contribution in [-0.4, -0.2) is 62.7 Å². The van der Waals surface area contributed by atoms with Crippen molar-refractivity contribution in [2.75, 3.05) is 46.9 Å². The minimum atomic E-state index is 0.223. The molecule has 1 aromatic rings. The van der Waals surface area contributed by atoms with Crippen LogP contribution in [0.1, 0.15) is 20.3 Å². The van der Waals surface area contributed by atoms with Gasteiger partial charge < -0.3 is 14.4 Å². The molecule has 0 saturated carbocycles. The van der Waals surface area contributed by atoms with Gasteiger partial charge in [-0.2, -0.15) is 0 Å². The Balaban J connectivity index is 1.70. The smallest absolute Gasteiger partial charge is 0.236 e. The molecule has 134 valence electrons. The van der Waals surface area contributed by atoms with Gasteiger partial charge in [0.05, 0.1) is 13.7 Å². The Morgan fingerprint density at radius 3 is 2.33 bits per heavy atom. The second-order valence-corrected chi connectivity index (χ2v) is 7.01. The fourth-order valence-corrected chi connectivity index (χ4v) is 3.27. The summed E-state index contributed by atoms with van der Waals surface area (Å²) in [6.07, 6.45) is 1.22. The van der Waals surface area contributed by atoms with Crippen molar-refractivity contribution in [3.05, 3.63) is 24.3 Å². The summed E-state index contributed by atoms with van der Waals surface area (Å²) in [4.78, 5) is 16.5. The van der Waals surface area contributed by atoms with E-state index in [1.807, 2.05) is 41.1 Å². The fourth-order valence-electron chi connectivity index (χ4n) is 3.27. The van der Waals surface area contributed by atoms with Crippen LogP contribution in [0.4, 0.5) is 0 Å². The largest absolute Gasteiger partial charge is 0.497 e. The molecule has 2 rings (SSSR count). The van der Waals surface area contributed by atoms with Gasteiger partial charge in [-0.15, -0.1) is 0 Å². The molecule has 0 aliphatic carbocycles. The van der Waals surface area contributed by atoms with Crippen molar-refractivity contribution >= 4 is 5.91 Å². The number of hydrogen-bond donors (Lipinski definition) is 0. The van der Waals surface area contributed by atoms with E-state index in [0.717, 1.165) is 31.1 Å². The van der Waals surface area contributed by atoms with Gasteiger partial charge in [0.15, 0.2) is 0 Å². The molecular formula is C19H30N2O3. The Morgan fingerprint density at radius 1 is 1.17 bits per heavy atom. The zero-order valence-electron chi connectivity index (χ0n) is 15.3. The van der Waals surface area contributed by atoms with Gasteiger partial charge in [-0.1, -0.05) is 13.8 Å². The molecule has 0 radical (unpaired) electrons. The van der Waals surface area contributed by atoms with Crippen LogP contribution in [0.25, 0.3) is 0 Å². The molecule has 2 atom stereocenters. The molecular weight excluding hydrogens is 304 g/mol. The predicted octanol–water partition coefficient (Wildman–Crippen LogP) is 2.51. The van der Waals surface area contributed by atoms with Crippen LogP contribution in [0.5, 0.6) is 11.5 Å². The monoisotopic (exact) mass is 334 g/mol. The summed E-state index contributed by atoms with van der Waals surface area (Å²) in [6.45, 7) is 7.95. The molecule has 1 heterocycles. The SMILES string of the molecule is COc1ccc(OCCN(C)CC(=O)N2CC(C)CC(C)C2)cc1. The summed E-state index contributed by atoms with van der Waals surface area (Å²) in [7, 11) is 3.61. The van der Waals surface area contributed by atoms with E-state index in [4.69, 9.17) is 9.47 Å². The maximum absolute atomic E-state index is 12.4. The number of carbonyl (C=O) groups is 1. The first-order chi connectivity index (χ1) is 11.5. The quantitative estimate of drug-likeness (QED) is 0.768. The molecule has 1 saturated heterocycles. The van der Waals surface area contributed by atoms with Gasteiger partial charge in [0.25, 0.3) is 0 Å². The Kier molecular flexibility index (Phi) is 6.91. The molecule has 5 heteroatoms. The van der Waals surface area contributed by atoms with Crippen molar-refractivity contribution in [2.24, 2.45) is 11.8 Å². The highest BCUT2D eigenvalue weighted by Gasteiger charge is 2.25. The van der Waals surface area contributed by atoms with Gasteiger partial charge in [0.1, 0.15) is 18.1 Å². The van der Waals surface area contributed by atoms with Crippen molar-refractivity contribution in [1.29, 1.82) is 0 Å². The van der Waals surface area contributed by atoms with Crippen LogP contribution in [0.15, 0.2) is 24.3 Å². The van der Waals surface area contributed by atoms with Gasteiger partial charge in [0, 0.05) is 19.6 Å². The second kappa shape index (κ2) is 8.92. The molecule has 0 aromatic heterocycles. The van der Waals surface area contributed by atoms with E-state index < -0.39 is 0 Å². The van der Waals surface area contributed by atoms with Gasteiger partial charge >= 0.3 is 0 Å². The highest BCUT2D eigenvalue weighted by molar-refractivity contribution is 5.78. The maximum atomic E-state index is 12.4. The molecule has 0 spiro atoms. The van der Waals surface area contributed by atoms with Crippen molar-refractivity contribution in [1.82, 2.24) is 9.80 Å². The zero-order valence-corrected chi connectivity index (χ0v) is 15.3. The van der Waals surface area contributed by atoms with Crippen molar-refractivity contribution in [2.45, 2.75) is 20.3 Å². The van der Waals surface area contributed by atoms with E-state index in [9.17, 15) is 4.79 Å². The third-order valence-corrected chi connectivity index (χ3v) is 4.43. The third-order valence-electron chi connectivity index (χ3n) is 4.43. The second-order valence-electron chi connectivity index (χ2n) is 7.01. The number of ether oxygens (including phenoxy) is 2. The van der Waals surface area contributed by atoms with E-state index in [2.05, 4.69) is 13.8 Å². The summed E-state index contributed by atoms with van der Waals surface area (Å²) < 4.78 is 10.8. The molecule has 2 unspecified atom stereocenters. The Bertz CT molecular complexity index is 508. The Morgan fingerprint density at radius 2 is 1.75 bits per heavy atom. The zero-order chi connectivity index (χ0) is 17.5. The minimum Gasteiger partial charge on any atom is -0.497 e. The molecule has 24 heavy (non-hydrogen) atoms. The van der Waals surface area contributed by atoms with Crippen molar-refractivity contribution < 1.29 is 14.3 Å². The van der Waals surface area contributed by atoms with Gasteiger partial charge in [-0.05, 0) is 49.6 Å². The third kappa shape index (κ3) is 5.71. The standard InChI is InChI=1S/C19H30N2O3/c1-15-11-16(2)13-21(12-15)19(22)14-20(3)9-10-24-18-7-5-17(23-4)6-8-18/h5-8,15-16H,9-14H2,1-4H3. The first-order valence-corrected chi connectivity index (χ1v) is 8.71. The molecule has 1 amide bonds. The number of likely N-dealkylation sites (tertiary alicyclic amines) is 1. The molecule has 5 nitrogen and oxygen atoms in total. The van der Waals surface area contributed by atoms with Crippen LogP contribution >= 0.6 is 0 Å². The number of rotatable bonds is 7. The van der Waals surface area contributed by atoms with Crippen LogP contribution in [0, 0.1) is 11.8 Å².